The Balaban J connectivity index is 2.44. The molecule has 2 rings (SSSR count). The molecule has 2 heteroatoms. The molecule has 0 unspecified atom stereocenters. The summed E-state index contributed by atoms with van der Waals surface area (Å²) in [5.41, 5.74) is 0.0831. The van der Waals surface area contributed by atoms with Crippen molar-refractivity contribution in [3.05, 3.63) is 12.2 Å². The second kappa shape index (κ2) is 3.45. The second-order valence-corrected chi connectivity index (χ2v) is 6.08. The Kier molecular flexibility index (Phi) is 2.45. The van der Waals surface area contributed by atoms with Crippen molar-refractivity contribution in [3.8, 4) is 6.07 Å². The summed E-state index contributed by atoms with van der Waals surface area (Å²) >= 11 is 0. The molecule has 16 heavy (non-hydrogen) atoms. The molecule has 2 aliphatic carbocycles. The molecule has 0 aromatic rings. The highest BCUT2D eigenvalue weighted by atomic mass is 16.1. The molecule has 0 bridgehead atoms. The van der Waals surface area contributed by atoms with Crippen LogP contribution in [0.1, 0.15) is 46.0 Å². The molecule has 0 aromatic carbocycles. The lowest BCUT2D eigenvalue weighted by molar-refractivity contribution is -0.134. The van der Waals surface area contributed by atoms with Gasteiger partial charge in [-0.05, 0) is 42.6 Å². The van der Waals surface area contributed by atoms with Crippen LogP contribution in [0.4, 0.5) is 0 Å². The Morgan fingerprint density at radius 2 is 2.19 bits per heavy atom. The van der Waals surface area contributed by atoms with Crippen LogP contribution in [0.3, 0.4) is 0 Å². The number of fused-ring (bicyclic) bond motifs is 1. The Bertz CT molecular complexity index is 388. The summed E-state index contributed by atoms with van der Waals surface area (Å²) in [5.74, 6) is 0.316. The molecular formula is C14H19NO. The second-order valence-electron chi connectivity index (χ2n) is 6.08. The first-order valence-electron chi connectivity index (χ1n) is 6.05. The van der Waals surface area contributed by atoms with Crippen molar-refractivity contribution in [3.63, 3.8) is 0 Å². The molecule has 0 aliphatic heterocycles. The Morgan fingerprint density at radius 3 is 2.81 bits per heavy atom. The van der Waals surface area contributed by atoms with Crippen molar-refractivity contribution >= 4 is 5.78 Å². The number of nitrogens with zero attached hydrogens (tertiary/aromatic N) is 1. The minimum Gasteiger partial charge on any atom is -0.298 e. The highest BCUT2D eigenvalue weighted by molar-refractivity contribution is 5.92. The number of hydrogen-bond acceptors (Lipinski definition) is 2. The first-order valence-corrected chi connectivity index (χ1v) is 6.05. The van der Waals surface area contributed by atoms with Crippen molar-refractivity contribution in [1.82, 2.24) is 0 Å². The number of Topliss-reactive ketones (excluding diaryl/α,β-unsaturated/α-hetero) is 1. The van der Waals surface area contributed by atoms with Crippen LogP contribution in [-0.2, 0) is 4.79 Å². The zero-order valence-corrected chi connectivity index (χ0v) is 10.2. The first kappa shape index (κ1) is 11.4. The molecule has 0 spiro atoms. The lowest BCUT2D eigenvalue weighted by atomic mass is 9.53. The summed E-state index contributed by atoms with van der Waals surface area (Å²) < 4.78 is 0. The number of nitriles is 1. The van der Waals surface area contributed by atoms with E-state index in [0.717, 1.165) is 31.3 Å². The van der Waals surface area contributed by atoms with Crippen molar-refractivity contribution in [2.24, 2.45) is 16.7 Å². The fourth-order valence-electron chi connectivity index (χ4n) is 3.49. The Labute approximate surface area is 97.3 Å². The van der Waals surface area contributed by atoms with Crippen LogP contribution in [-0.4, -0.2) is 5.78 Å². The van der Waals surface area contributed by atoms with E-state index in [9.17, 15) is 10.1 Å². The van der Waals surface area contributed by atoms with Gasteiger partial charge in [-0.25, -0.2) is 0 Å². The summed E-state index contributed by atoms with van der Waals surface area (Å²) in [4.78, 5) is 12.3. The van der Waals surface area contributed by atoms with E-state index in [1.165, 1.54) is 0 Å². The smallest absolute Gasteiger partial charge is 0.158 e. The molecule has 0 amide bonds. The number of allylic oxidation sites excluding steroid dienone is 1. The fraction of sp³-hybridized carbons (Fsp3) is 0.714. The van der Waals surface area contributed by atoms with Gasteiger partial charge in [0.15, 0.2) is 5.78 Å². The topological polar surface area (TPSA) is 40.9 Å². The molecule has 0 N–H and O–H groups in total. The molecule has 2 atom stereocenters. The van der Waals surface area contributed by atoms with E-state index in [4.69, 9.17) is 0 Å². The third kappa shape index (κ3) is 1.42. The van der Waals surface area contributed by atoms with Gasteiger partial charge < -0.3 is 0 Å². The standard InChI is InChI=1S/C14H19NO/c1-10-5-4-6-11-7-13(2,3)8-12(16)14(10,11)9-15/h11H,1,4-8H2,2-3H3/t11-,14-/m1/s1. The van der Waals surface area contributed by atoms with E-state index < -0.39 is 5.41 Å². The van der Waals surface area contributed by atoms with Crippen LogP contribution >= 0.6 is 0 Å². The quantitative estimate of drug-likeness (QED) is 0.584. The van der Waals surface area contributed by atoms with Crippen LogP contribution in [0.15, 0.2) is 12.2 Å². The summed E-state index contributed by atoms with van der Waals surface area (Å²) in [6.45, 7) is 8.25. The summed E-state index contributed by atoms with van der Waals surface area (Å²) in [7, 11) is 0. The van der Waals surface area contributed by atoms with Gasteiger partial charge in [0.1, 0.15) is 5.41 Å². The number of rotatable bonds is 0. The lowest BCUT2D eigenvalue weighted by Gasteiger charge is -2.48. The first-order chi connectivity index (χ1) is 7.42. The minimum absolute atomic E-state index is 0.0553. The van der Waals surface area contributed by atoms with Gasteiger partial charge in [0.05, 0.1) is 6.07 Å². The average Bonchev–Trinajstić information content (AvgIpc) is 2.16. The molecule has 2 saturated carbocycles. The summed E-state index contributed by atoms with van der Waals surface area (Å²) in [6, 6.07) is 2.31. The molecule has 86 valence electrons. The van der Waals surface area contributed by atoms with Gasteiger partial charge >= 0.3 is 0 Å². The maximum atomic E-state index is 12.3. The number of carbonyl (C=O) groups excluding carboxylic acids is 1. The van der Waals surface area contributed by atoms with E-state index in [0.29, 0.717) is 6.42 Å². The van der Waals surface area contributed by atoms with Crippen molar-refractivity contribution in [1.29, 1.82) is 5.26 Å². The third-order valence-corrected chi connectivity index (χ3v) is 4.26. The fourth-order valence-corrected chi connectivity index (χ4v) is 3.49. The molecule has 2 aliphatic rings. The van der Waals surface area contributed by atoms with Crippen LogP contribution in [0, 0.1) is 28.1 Å². The number of ketones is 1. The molecule has 0 saturated heterocycles. The van der Waals surface area contributed by atoms with Gasteiger partial charge in [0.2, 0.25) is 0 Å². The molecule has 2 fully saturated rings. The van der Waals surface area contributed by atoms with Crippen LogP contribution in [0.2, 0.25) is 0 Å². The van der Waals surface area contributed by atoms with Crippen LogP contribution < -0.4 is 0 Å². The van der Waals surface area contributed by atoms with Gasteiger partial charge in [-0.2, -0.15) is 5.26 Å². The maximum absolute atomic E-state index is 12.3. The predicted molar refractivity (Wildman–Crippen MR) is 62.5 cm³/mol. The largest absolute Gasteiger partial charge is 0.298 e. The van der Waals surface area contributed by atoms with Crippen LogP contribution in [0.25, 0.3) is 0 Å². The maximum Gasteiger partial charge on any atom is 0.158 e. The van der Waals surface area contributed by atoms with Crippen molar-refractivity contribution < 1.29 is 4.79 Å². The van der Waals surface area contributed by atoms with Crippen molar-refractivity contribution in [2.45, 2.75) is 46.0 Å². The van der Waals surface area contributed by atoms with E-state index in [1.807, 2.05) is 0 Å². The van der Waals surface area contributed by atoms with E-state index in [-0.39, 0.29) is 17.1 Å². The van der Waals surface area contributed by atoms with Gasteiger partial charge in [0, 0.05) is 6.42 Å². The Morgan fingerprint density at radius 1 is 1.50 bits per heavy atom. The van der Waals surface area contributed by atoms with Gasteiger partial charge in [-0.3, -0.25) is 4.79 Å². The summed E-state index contributed by atoms with van der Waals surface area (Å²) in [5, 5.41) is 9.46. The highest BCUT2D eigenvalue weighted by Gasteiger charge is 2.55. The van der Waals surface area contributed by atoms with E-state index in [1.54, 1.807) is 0 Å². The van der Waals surface area contributed by atoms with Gasteiger partial charge in [-0.1, -0.05) is 20.4 Å². The van der Waals surface area contributed by atoms with E-state index in [2.05, 4.69) is 26.5 Å². The summed E-state index contributed by atoms with van der Waals surface area (Å²) in [6.07, 6.45) is 4.43. The number of hydrogen-bond donors (Lipinski definition) is 0. The van der Waals surface area contributed by atoms with Gasteiger partial charge in [-0.15, -0.1) is 0 Å². The van der Waals surface area contributed by atoms with Gasteiger partial charge in [0.25, 0.3) is 0 Å². The minimum atomic E-state index is -0.840. The normalized spacial score (nSPS) is 37.7. The molecule has 2 nitrogen and oxygen atoms in total. The van der Waals surface area contributed by atoms with Crippen LogP contribution in [0.5, 0.6) is 0 Å². The zero-order chi connectivity index (χ0) is 12.0. The monoisotopic (exact) mass is 217 g/mol. The molecular weight excluding hydrogens is 198 g/mol. The number of carbonyl (C=O) groups is 1. The Hall–Kier alpha value is -1.10. The third-order valence-electron chi connectivity index (χ3n) is 4.26. The SMILES string of the molecule is C=C1CCC[C@@H]2CC(C)(C)CC(=O)[C@]12C#N. The molecule has 0 radical (unpaired) electrons. The molecule has 0 aromatic heterocycles. The zero-order valence-electron chi connectivity index (χ0n) is 10.2. The average molecular weight is 217 g/mol. The van der Waals surface area contributed by atoms with Crippen molar-refractivity contribution in [2.75, 3.05) is 0 Å². The van der Waals surface area contributed by atoms with E-state index >= 15 is 0 Å². The molecule has 0 heterocycles. The predicted octanol–water partition coefficient (Wildman–Crippen LogP) is 3.24. The lowest BCUT2D eigenvalue weighted by Crippen LogP contribution is -2.49. The highest BCUT2D eigenvalue weighted by Crippen LogP contribution is 2.54.